The van der Waals surface area contributed by atoms with Crippen LogP contribution in [0.25, 0.3) is 0 Å². The van der Waals surface area contributed by atoms with Gasteiger partial charge in [0.15, 0.2) is 11.6 Å². The number of carbonyl (C=O) groups is 1. The average Bonchev–Trinajstić information content (AvgIpc) is 2.91. The van der Waals surface area contributed by atoms with Crippen molar-refractivity contribution in [1.82, 2.24) is 4.98 Å². The van der Waals surface area contributed by atoms with Crippen LogP contribution in [0.1, 0.15) is 22.9 Å². The maximum absolute atomic E-state index is 14.1. The van der Waals surface area contributed by atoms with Gasteiger partial charge in [0, 0.05) is 23.1 Å². The summed E-state index contributed by atoms with van der Waals surface area (Å²) in [5.41, 5.74) is 3.00. The molecule has 0 aliphatic carbocycles. The van der Waals surface area contributed by atoms with Crippen molar-refractivity contribution in [3.8, 4) is 5.75 Å². The van der Waals surface area contributed by atoms with Crippen LogP contribution in [-0.4, -0.2) is 24.7 Å². The van der Waals surface area contributed by atoms with Gasteiger partial charge in [0.1, 0.15) is 0 Å². The van der Waals surface area contributed by atoms with Gasteiger partial charge in [0.2, 0.25) is 0 Å². The van der Waals surface area contributed by atoms with Crippen LogP contribution >= 0.6 is 11.3 Å². The van der Waals surface area contributed by atoms with Crippen LogP contribution in [0.5, 0.6) is 5.75 Å². The van der Waals surface area contributed by atoms with Gasteiger partial charge in [-0.25, -0.2) is 4.39 Å². The molecule has 1 aromatic heterocycles. The molecule has 0 bridgehead atoms. The summed E-state index contributed by atoms with van der Waals surface area (Å²) < 4.78 is 24.0. The Morgan fingerprint density at radius 3 is 2.86 bits per heavy atom. The van der Waals surface area contributed by atoms with E-state index in [1.807, 2.05) is 0 Å². The van der Waals surface area contributed by atoms with Gasteiger partial charge in [-0.05, 0) is 18.6 Å². The molecule has 2 aromatic rings. The van der Waals surface area contributed by atoms with Crippen LogP contribution in [0.3, 0.4) is 0 Å². The number of carbonyl (C=O) groups excluding carboxylic acids is 1. The molecular weight excluding hydrogens is 293 g/mol. The second-order valence-electron chi connectivity index (χ2n) is 4.40. The number of hydrogen-bond acceptors (Lipinski definition) is 5. The molecule has 1 aromatic carbocycles. The third-order valence-electron chi connectivity index (χ3n) is 2.89. The van der Waals surface area contributed by atoms with Crippen molar-refractivity contribution in [3.63, 3.8) is 0 Å². The number of methoxy groups -OCH3 is 1. The number of hydrogen-bond donors (Lipinski definition) is 0. The molecule has 0 saturated carbocycles. The highest BCUT2D eigenvalue weighted by Crippen LogP contribution is 2.27. The molecule has 0 fully saturated rings. The van der Waals surface area contributed by atoms with Crippen molar-refractivity contribution in [1.29, 1.82) is 0 Å². The lowest BCUT2D eigenvalue weighted by atomic mass is 10.0. The lowest BCUT2D eigenvalue weighted by molar-refractivity contribution is -0.142. The number of ether oxygens (including phenoxy) is 2. The number of benzene rings is 1. The molecule has 1 heterocycles. The minimum Gasteiger partial charge on any atom is -0.493 e. The molecule has 21 heavy (non-hydrogen) atoms. The fraction of sp³-hybridized carbons (Fsp3) is 0.333. The number of aromatic nitrogens is 1. The highest BCUT2D eigenvalue weighted by Gasteiger charge is 2.16. The Morgan fingerprint density at radius 2 is 2.24 bits per heavy atom. The molecule has 0 N–H and O–H groups in total. The van der Waals surface area contributed by atoms with E-state index in [9.17, 15) is 9.18 Å². The molecule has 4 nitrogen and oxygen atoms in total. The monoisotopic (exact) mass is 309 g/mol. The van der Waals surface area contributed by atoms with E-state index < -0.39 is 11.8 Å². The van der Waals surface area contributed by atoms with Gasteiger partial charge in [-0.15, -0.1) is 11.3 Å². The molecule has 0 aliphatic rings. The largest absolute Gasteiger partial charge is 0.493 e. The Morgan fingerprint density at radius 1 is 1.43 bits per heavy atom. The van der Waals surface area contributed by atoms with Crippen LogP contribution in [0.2, 0.25) is 0 Å². The van der Waals surface area contributed by atoms with Crippen LogP contribution < -0.4 is 4.74 Å². The molecule has 6 heteroatoms. The Labute approximate surface area is 126 Å². The number of esters is 1. The fourth-order valence-corrected chi connectivity index (χ4v) is 2.70. The lowest BCUT2D eigenvalue weighted by Gasteiger charge is -2.11. The quantitative estimate of drug-likeness (QED) is 0.770. The summed E-state index contributed by atoms with van der Waals surface area (Å²) in [6.07, 6.45) is 2.31. The summed E-state index contributed by atoms with van der Waals surface area (Å²) in [7, 11) is 1.38. The van der Waals surface area contributed by atoms with E-state index in [2.05, 4.69) is 4.98 Å². The highest BCUT2D eigenvalue weighted by molar-refractivity contribution is 7.09. The first kappa shape index (κ1) is 15.4. The summed E-state index contributed by atoms with van der Waals surface area (Å²) >= 11 is 1.51. The predicted octanol–water partition coefficient (Wildman–Crippen LogP) is 2.99. The van der Waals surface area contributed by atoms with Crippen LogP contribution in [0.4, 0.5) is 4.39 Å². The second kappa shape index (κ2) is 7.17. The summed E-state index contributed by atoms with van der Waals surface area (Å²) in [4.78, 5) is 16.6. The van der Waals surface area contributed by atoms with Gasteiger partial charge in [-0.3, -0.25) is 9.78 Å². The van der Waals surface area contributed by atoms with Gasteiger partial charge in [-0.2, -0.15) is 0 Å². The first-order valence-corrected chi connectivity index (χ1v) is 7.40. The molecule has 2 rings (SSSR count). The summed E-state index contributed by atoms with van der Waals surface area (Å²) in [6, 6.07) is 3.20. The summed E-state index contributed by atoms with van der Waals surface area (Å²) in [6.45, 7) is 2.03. The number of thiazole rings is 1. The van der Waals surface area contributed by atoms with Crippen molar-refractivity contribution >= 4 is 17.3 Å². The zero-order chi connectivity index (χ0) is 15.2. The predicted molar refractivity (Wildman–Crippen MR) is 78.2 cm³/mol. The van der Waals surface area contributed by atoms with Crippen molar-refractivity contribution in [2.24, 2.45) is 0 Å². The molecule has 0 atom stereocenters. The normalized spacial score (nSPS) is 10.4. The van der Waals surface area contributed by atoms with E-state index in [0.29, 0.717) is 18.6 Å². The van der Waals surface area contributed by atoms with E-state index in [1.54, 1.807) is 24.7 Å². The van der Waals surface area contributed by atoms with Crippen molar-refractivity contribution in [2.45, 2.75) is 19.8 Å². The Kier molecular flexibility index (Phi) is 5.27. The molecule has 0 spiro atoms. The lowest BCUT2D eigenvalue weighted by Crippen LogP contribution is -2.09. The van der Waals surface area contributed by atoms with Gasteiger partial charge in [0.25, 0.3) is 0 Å². The topological polar surface area (TPSA) is 48.4 Å². The Hall–Kier alpha value is -1.95. The SMILES string of the molecule is CCOC(=O)Cc1cc(Cc2cncs2)cc(F)c1OC. The first-order valence-electron chi connectivity index (χ1n) is 6.52. The molecule has 0 radical (unpaired) electrons. The average molecular weight is 309 g/mol. The maximum atomic E-state index is 14.1. The third kappa shape index (κ3) is 4.01. The van der Waals surface area contributed by atoms with Crippen LogP contribution in [0.15, 0.2) is 23.8 Å². The third-order valence-corrected chi connectivity index (χ3v) is 3.67. The molecule has 0 unspecified atom stereocenters. The molecular formula is C15H16FNO3S. The van der Waals surface area contributed by atoms with E-state index in [-0.39, 0.29) is 12.2 Å². The van der Waals surface area contributed by atoms with E-state index >= 15 is 0 Å². The van der Waals surface area contributed by atoms with Gasteiger partial charge in [0.05, 0.1) is 25.6 Å². The second-order valence-corrected chi connectivity index (χ2v) is 5.37. The first-order chi connectivity index (χ1) is 10.1. The van der Waals surface area contributed by atoms with Crippen molar-refractivity contribution in [3.05, 3.63) is 45.7 Å². The minimum atomic E-state index is -0.473. The number of rotatable bonds is 6. The smallest absolute Gasteiger partial charge is 0.310 e. The molecule has 112 valence electrons. The molecule has 0 saturated heterocycles. The zero-order valence-corrected chi connectivity index (χ0v) is 12.7. The summed E-state index contributed by atoms with van der Waals surface area (Å²) in [5.74, 6) is -0.778. The number of halogens is 1. The van der Waals surface area contributed by atoms with Gasteiger partial charge < -0.3 is 9.47 Å². The molecule has 0 amide bonds. The van der Waals surface area contributed by atoms with Crippen molar-refractivity contribution < 1.29 is 18.7 Å². The van der Waals surface area contributed by atoms with E-state index in [1.165, 1.54) is 24.5 Å². The fourth-order valence-electron chi connectivity index (χ4n) is 2.07. The van der Waals surface area contributed by atoms with Crippen molar-refractivity contribution in [2.75, 3.05) is 13.7 Å². The van der Waals surface area contributed by atoms with E-state index in [0.717, 1.165) is 10.4 Å². The molecule has 0 aliphatic heterocycles. The Balaban J connectivity index is 2.27. The zero-order valence-electron chi connectivity index (χ0n) is 11.9. The highest BCUT2D eigenvalue weighted by atomic mass is 32.1. The van der Waals surface area contributed by atoms with Gasteiger partial charge >= 0.3 is 5.97 Å². The summed E-state index contributed by atoms with van der Waals surface area (Å²) in [5, 5.41) is 0. The van der Waals surface area contributed by atoms with E-state index in [4.69, 9.17) is 9.47 Å². The maximum Gasteiger partial charge on any atom is 0.310 e. The van der Waals surface area contributed by atoms with Gasteiger partial charge in [-0.1, -0.05) is 6.07 Å². The standard InChI is InChI=1S/C15H16FNO3S/c1-3-20-14(18)7-11-4-10(5-12-8-17-9-21-12)6-13(16)15(11)19-2/h4,6,8-9H,3,5,7H2,1-2H3. The van der Waals surface area contributed by atoms with Crippen LogP contribution in [-0.2, 0) is 22.4 Å². The Bertz CT molecular complexity index is 614. The van der Waals surface area contributed by atoms with Crippen LogP contribution in [0, 0.1) is 5.82 Å². The number of nitrogens with zero attached hydrogens (tertiary/aromatic N) is 1. The minimum absolute atomic E-state index is 0.00946.